The van der Waals surface area contributed by atoms with E-state index in [1.807, 2.05) is 32.9 Å². The van der Waals surface area contributed by atoms with E-state index in [2.05, 4.69) is 48.5 Å². The van der Waals surface area contributed by atoms with Crippen molar-refractivity contribution in [3.8, 4) is 0 Å². The van der Waals surface area contributed by atoms with E-state index in [4.69, 9.17) is 0 Å². The molecule has 162 valence electrons. The molecule has 1 fully saturated rings. The van der Waals surface area contributed by atoms with Crippen LogP contribution in [0.3, 0.4) is 0 Å². The second-order valence-electron chi connectivity index (χ2n) is 9.52. The fourth-order valence-electron chi connectivity index (χ4n) is 4.35. The van der Waals surface area contributed by atoms with Gasteiger partial charge in [-0.15, -0.1) is 0 Å². The molecule has 1 aliphatic rings. The minimum Gasteiger partial charge on any atom is -0.336 e. The Morgan fingerprint density at radius 3 is 2.14 bits per heavy atom. The number of carbonyl (C=O) groups excluding carboxylic acids is 2. The van der Waals surface area contributed by atoms with Crippen LogP contribution in [0.25, 0.3) is 0 Å². The first kappa shape index (κ1) is 23.2. The second kappa shape index (κ2) is 9.61. The molecule has 2 rings (SSSR count). The monoisotopic (exact) mass is 402 g/mol. The molecule has 1 aromatic rings. The van der Waals surface area contributed by atoms with Crippen molar-refractivity contribution in [1.29, 1.82) is 0 Å². The average molecular weight is 403 g/mol. The lowest BCUT2D eigenvalue weighted by Crippen LogP contribution is -2.57. The van der Waals surface area contributed by atoms with Gasteiger partial charge in [0.1, 0.15) is 0 Å². The van der Waals surface area contributed by atoms with Crippen LogP contribution in [0.2, 0.25) is 0 Å². The Hall–Kier alpha value is -2.08. The molecule has 1 aromatic carbocycles. The van der Waals surface area contributed by atoms with Crippen molar-refractivity contribution in [2.75, 3.05) is 31.5 Å². The maximum absolute atomic E-state index is 12.3. The number of amides is 3. The van der Waals surface area contributed by atoms with Crippen LogP contribution in [0.5, 0.6) is 0 Å². The molecule has 2 atom stereocenters. The summed E-state index contributed by atoms with van der Waals surface area (Å²) in [4.78, 5) is 26.9. The summed E-state index contributed by atoms with van der Waals surface area (Å²) in [6.07, 6.45) is 1.26. The van der Waals surface area contributed by atoms with Crippen molar-refractivity contribution in [2.24, 2.45) is 11.8 Å². The standard InChI is InChI=1S/C23H38N4O2/c1-15-9-18(4)21(19(5)10-15)26-20(28)11-24-22(29)25-14-23(6,7)27-12-16(2)8-17(3)13-27/h9-10,16-17H,8,11-14H2,1-7H3,(H,26,28)(H2,24,25,29). The van der Waals surface area contributed by atoms with E-state index in [9.17, 15) is 9.59 Å². The van der Waals surface area contributed by atoms with Crippen LogP contribution in [0, 0.1) is 32.6 Å². The molecule has 0 aromatic heterocycles. The Kier molecular flexibility index (Phi) is 7.69. The van der Waals surface area contributed by atoms with E-state index in [1.54, 1.807) is 0 Å². The molecule has 0 bridgehead atoms. The number of nitrogens with zero attached hydrogens (tertiary/aromatic N) is 1. The van der Waals surface area contributed by atoms with Crippen LogP contribution < -0.4 is 16.0 Å². The maximum atomic E-state index is 12.3. The average Bonchev–Trinajstić information content (AvgIpc) is 2.60. The van der Waals surface area contributed by atoms with Crippen LogP contribution >= 0.6 is 0 Å². The number of hydrogen-bond donors (Lipinski definition) is 3. The summed E-state index contributed by atoms with van der Waals surface area (Å²) >= 11 is 0. The van der Waals surface area contributed by atoms with Crippen molar-refractivity contribution in [3.63, 3.8) is 0 Å². The van der Waals surface area contributed by atoms with E-state index in [1.165, 1.54) is 6.42 Å². The third-order valence-electron chi connectivity index (χ3n) is 5.76. The number of likely N-dealkylation sites (tertiary alicyclic amines) is 1. The lowest BCUT2D eigenvalue weighted by Gasteiger charge is -2.45. The highest BCUT2D eigenvalue weighted by Crippen LogP contribution is 2.27. The Bertz CT molecular complexity index is 711. The molecule has 1 aliphatic heterocycles. The van der Waals surface area contributed by atoms with Crippen molar-refractivity contribution in [1.82, 2.24) is 15.5 Å². The van der Waals surface area contributed by atoms with Crippen LogP contribution in [0.1, 0.15) is 50.8 Å². The third kappa shape index (κ3) is 6.74. The molecular formula is C23H38N4O2. The number of nitrogens with one attached hydrogen (secondary N) is 3. The zero-order valence-electron chi connectivity index (χ0n) is 19.1. The van der Waals surface area contributed by atoms with Gasteiger partial charge in [0.25, 0.3) is 0 Å². The Morgan fingerprint density at radius 2 is 1.59 bits per heavy atom. The van der Waals surface area contributed by atoms with E-state index in [0.717, 1.165) is 35.5 Å². The number of aryl methyl sites for hydroxylation is 3. The summed E-state index contributed by atoms with van der Waals surface area (Å²) < 4.78 is 0. The summed E-state index contributed by atoms with van der Waals surface area (Å²) in [6.45, 7) is 17.5. The fourth-order valence-corrected chi connectivity index (χ4v) is 4.35. The van der Waals surface area contributed by atoms with E-state index in [0.29, 0.717) is 18.4 Å². The molecule has 1 heterocycles. The van der Waals surface area contributed by atoms with Crippen molar-refractivity contribution >= 4 is 17.6 Å². The van der Waals surface area contributed by atoms with Crippen LogP contribution in [-0.2, 0) is 4.79 Å². The van der Waals surface area contributed by atoms with Gasteiger partial charge < -0.3 is 16.0 Å². The van der Waals surface area contributed by atoms with Gasteiger partial charge in [0.2, 0.25) is 5.91 Å². The second-order valence-corrected chi connectivity index (χ2v) is 9.52. The van der Waals surface area contributed by atoms with Crippen molar-refractivity contribution < 1.29 is 9.59 Å². The molecule has 6 heteroatoms. The summed E-state index contributed by atoms with van der Waals surface area (Å²) in [5.74, 6) is 1.11. The molecular weight excluding hydrogens is 364 g/mol. The van der Waals surface area contributed by atoms with Crippen LogP contribution in [-0.4, -0.2) is 48.6 Å². The van der Waals surface area contributed by atoms with Gasteiger partial charge in [0.15, 0.2) is 0 Å². The fraction of sp³-hybridized carbons (Fsp3) is 0.652. The molecule has 3 amide bonds. The SMILES string of the molecule is Cc1cc(C)c(NC(=O)CNC(=O)NCC(C)(C)N2CC(C)CC(C)C2)c(C)c1. The first-order valence-electron chi connectivity index (χ1n) is 10.6. The summed E-state index contributed by atoms with van der Waals surface area (Å²) in [5.41, 5.74) is 3.89. The summed E-state index contributed by atoms with van der Waals surface area (Å²) in [7, 11) is 0. The van der Waals surface area contributed by atoms with Gasteiger partial charge in [-0.05, 0) is 64.0 Å². The normalized spacial score (nSPS) is 20.2. The smallest absolute Gasteiger partial charge is 0.315 e. The number of anilines is 1. The maximum Gasteiger partial charge on any atom is 0.315 e. The highest BCUT2D eigenvalue weighted by atomic mass is 16.2. The lowest BCUT2D eigenvalue weighted by molar-refractivity contribution is -0.115. The summed E-state index contributed by atoms with van der Waals surface area (Å²) in [5, 5.41) is 8.50. The largest absolute Gasteiger partial charge is 0.336 e. The van der Waals surface area contributed by atoms with Crippen LogP contribution in [0.15, 0.2) is 12.1 Å². The number of carbonyl (C=O) groups is 2. The topological polar surface area (TPSA) is 73.5 Å². The predicted octanol–water partition coefficient (Wildman–Crippen LogP) is 3.61. The quantitative estimate of drug-likeness (QED) is 0.681. The Labute approximate surface area is 175 Å². The first-order chi connectivity index (χ1) is 13.5. The zero-order valence-corrected chi connectivity index (χ0v) is 19.1. The van der Waals surface area contributed by atoms with E-state index in [-0.39, 0.29) is 24.0 Å². The predicted molar refractivity (Wildman–Crippen MR) is 119 cm³/mol. The van der Waals surface area contributed by atoms with Gasteiger partial charge in [0.05, 0.1) is 6.54 Å². The molecule has 29 heavy (non-hydrogen) atoms. The molecule has 0 radical (unpaired) electrons. The molecule has 0 aliphatic carbocycles. The number of urea groups is 1. The number of rotatable bonds is 6. The number of piperidine rings is 1. The number of benzene rings is 1. The van der Waals surface area contributed by atoms with Crippen LogP contribution in [0.4, 0.5) is 10.5 Å². The van der Waals surface area contributed by atoms with Gasteiger partial charge in [-0.2, -0.15) is 0 Å². The van der Waals surface area contributed by atoms with E-state index < -0.39 is 0 Å². The molecule has 6 nitrogen and oxygen atoms in total. The molecule has 0 spiro atoms. The van der Waals surface area contributed by atoms with Gasteiger partial charge in [-0.3, -0.25) is 9.69 Å². The zero-order chi connectivity index (χ0) is 21.8. The molecule has 1 saturated heterocycles. The van der Waals surface area contributed by atoms with Gasteiger partial charge in [-0.25, -0.2) is 4.79 Å². The van der Waals surface area contributed by atoms with Gasteiger partial charge in [-0.1, -0.05) is 31.5 Å². The lowest BCUT2D eigenvalue weighted by atomic mass is 9.88. The van der Waals surface area contributed by atoms with Crippen molar-refractivity contribution in [2.45, 2.75) is 60.4 Å². The highest BCUT2D eigenvalue weighted by molar-refractivity contribution is 5.95. The van der Waals surface area contributed by atoms with E-state index >= 15 is 0 Å². The molecule has 2 unspecified atom stereocenters. The molecule has 0 saturated carbocycles. The summed E-state index contributed by atoms with van der Waals surface area (Å²) in [6, 6.07) is 3.75. The van der Waals surface area contributed by atoms with Gasteiger partial charge in [0, 0.05) is 30.9 Å². The minimum absolute atomic E-state index is 0.0587. The third-order valence-corrected chi connectivity index (χ3v) is 5.76. The highest BCUT2D eigenvalue weighted by Gasteiger charge is 2.32. The molecule has 3 N–H and O–H groups in total. The Balaban J connectivity index is 1.80. The minimum atomic E-state index is -0.316. The van der Waals surface area contributed by atoms with Gasteiger partial charge >= 0.3 is 6.03 Å². The van der Waals surface area contributed by atoms with Crippen molar-refractivity contribution in [3.05, 3.63) is 28.8 Å². The first-order valence-corrected chi connectivity index (χ1v) is 10.6. The Morgan fingerprint density at radius 1 is 1.03 bits per heavy atom. The number of hydrogen-bond acceptors (Lipinski definition) is 3.